The van der Waals surface area contributed by atoms with Gasteiger partial charge in [-0.15, -0.1) is 11.3 Å². The molecule has 3 rings (SSSR count). The third kappa shape index (κ3) is 2.90. The smallest absolute Gasteiger partial charge is 0.163 e. The van der Waals surface area contributed by atoms with E-state index in [-0.39, 0.29) is 5.78 Å². The van der Waals surface area contributed by atoms with Crippen molar-refractivity contribution in [3.05, 3.63) is 50.1 Å². The van der Waals surface area contributed by atoms with Gasteiger partial charge < -0.3 is 4.74 Å². The Bertz CT molecular complexity index is 618. The molecule has 0 amide bonds. The quantitative estimate of drug-likeness (QED) is 0.818. The summed E-state index contributed by atoms with van der Waals surface area (Å²) in [5, 5.41) is 2.05. The highest BCUT2D eigenvalue weighted by atomic mass is 79.9. The first-order chi connectivity index (χ1) is 9.22. The largest absolute Gasteiger partial charge is 0.488 e. The zero-order valence-electron chi connectivity index (χ0n) is 10.3. The van der Waals surface area contributed by atoms with Crippen molar-refractivity contribution in [2.24, 2.45) is 0 Å². The van der Waals surface area contributed by atoms with E-state index in [1.54, 1.807) is 11.3 Å². The lowest BCUT2D eigenvalue weighted by atomic mass is 9.91. The summed E-state index contributed by atoms with van der Waals surface area (Å²) >= 11 is 5.10. The minimum atomic E-state index is 0.259. The van der Waals surface area contributed by atoms with E-state index < -0.39 is 0 Å². The summed E-state index contributed by atoms with van der Waals surface area (Å²) in [5.74, 6) is 1.10. The van der Waals surface area contributed by atoms with Crippen LogP contribution in [0.25, 0.3) is 0 Å². The second-order valence-electron chi connectivity index (χ2n) is 4.62. The monoisotopic (exact) mass is 336 g/mol. The van der Waals surface area contributed by atoms with E-state index in [0.29, 0.717) is 13.0 Å². The predicted molar refractivity (Wildman–Crippen MR) is 80.1 cm³/mol. The fraction of sp³-hybridized carbons (Fsp3) is 0.267. The summed E-state index contributed by atoms with van der Waals surface area (Å²) in [4.78, 5) is 12.9. The van der Waals surface area contributed by atoms with Crippen LogP contribution in [0.3, 0.4) is 0 Å². The summed E-state index contributed by atoms with van der Waals surface area (Å²) in [7, 11) is 0. The minimum absolute atomic E-state index is 0.259. The molecule has 1 aromatic carbocycles. The molecule has 1 aliphatic carbocycles. The van der Waals surface area contributed by atoms with Gasteiger partial charge in [0.25, 0.3) is 0 Å². The van der Waals surface area contributed by atoms with Crippen LogP contribution in [0.1, 0.15) is 33.6 Å². The molecule has 0 aliphatic heterocycles. The lowest BCUT2D eigenvalue weighted by Gasteiger charge is -2.15. The third-order valence-electron chi connectivity index (χ3n) is 3.23. The fourth-order valence-electron chi connectivity index (χ4n) is 2.30. The first-order valence-electron chi connectivity index (χ1n) is 6.24. The fourth-order valence-corrected chi connectivity index (χ4v) is 3.66. The molecule has 4 heteroatoms. The molecule has 98 valence electrons. The maximum absolute atomic E-state index is 11.7. The highest BCUT2D eigenvalue weighted by molar-refractivity contribution is 9.10. The van der Waals surface area contributed by atoms with E-state index >= 15 is 0 Å². The van der Waals surface area contributed by atoms with E-state index in [1.807, 2.05) is 23.6 Å². The summed E-state index contributed by atoms with van der Waals surface area (Å²) in [6.07, 6.45) is 2.60. The van der Waals surface area contributed by atoms with Crippen LogP contribution in [0.4, 0.5) is 0 Å². The zero-order valence-corrected chi connectivity index (χ0v) is 12.7. The molecular formula is C15H13BrO2S. The molecule has 1 aromatic heterocycles. The van der Waals surface area contributed by atoms with Crippen LogP contribution in [0.15, 0.2) is 34.1 Å². The molecule has 2 aromatic rings. The molecule has 0 bridgehead atoms. The van der Waals surface area contributed by atoms with E-state index in [2.05, 4.69) is 22.0 Å². The lowest BCUT2D eigenvalue weighted by Crippen LogP contribution is -2.10. The number of benzene rings is 1. The first-order valence-corrected chi connectivity index (χ1v) is 7.91. The molecule has 1 aliphatic rings. The predicted octanol–water partition coefficient (Wildman–Crippen LogP) is 4.61. The zero-order chi connectivity index (χ0) is 13.2. The highest BCUT2D eigenvalue weighted by Crippen LogP contribution is 2.27. The third-order valence-corrected chi connectivity index (χ3v) is 4.90. The van der Waals surface area contributed by atoms with Crippen LogP contribution in [-0.4, -0.2) is 5.78 Å². The van der Waals surface area contributed by atoms with Crippen LogP contribution >= 0.6 is 27.3 Å². The molecule has 19 heavy (non-hydrogen) atoms. The number of ketones is 1. The van der Waals surface area contributed by atoms with E-state index in [4.69, 9.17) is 4.74 Å². The molecule has 0 saturated carbocycles. The molecule has 0 spiro atoms. The molecular weight excluding hydrogens is 324 g/mol. The summed E-state index contributed by atoms with van der Waals surface area (Å²) in [6.45, 7) is 0.572. The average molecular weight is 337 g/mol. The normalized spacial score (nSPS) is 14.3. The Labute approximate surface area is 124 Å². The summed E-state index contributed by atoms with van der Waals surface area (Å²) in [5.41, 5.74) is 2.00. The molecule has 0 saturated heterocycles. The Kier molecular flexibility index (Phi) is 3.71. The SMILES string of the molecule is O=C1CCCc2cc(OCc3cc(Br)cs3)ccc21. The van der Waals surface area contributed by atoms with Crippen LogP contribution in [0, 0.1) is 0 Å². The number of halogens is 1. The second-order valence-corrected chi connectivity index (χ2v) is 6.53. The van der Waals surface area contributed by atoms with Crippen molar-refractivity contribution in [1.82, 2.24) is 0 Å². The van der Waals surface area contributed by atoms with Crippen molar-refractivity contribution in [2.45, 2.75) is 25.9 Å². The van der Waals surface area contributed by atoms with Gasteiger partial charge in [-0.25, -0.2) is 0 Å². The van der Waals surface area contributed by atoms with Gasteiger partial charge in [-0.1, -0.05) is 0 Å². The number of aryl methyl sites for hydroxylation is 1. The number of carbonyl (C=O) groups excluding carboxylic acids is 1. The number of carbonyl (C=O) groups is 1. The second kappa shape index (κ2) is 5.47. The highest BCUT2D eigenvalue weighted by Gasteiger charge is 2.17. The maximum Gasteiger partial charge on any atom is 0.163 e. The van der Waals surface area contributed by atoms with E-state index in [1.165, 1.54) is 4.88 Å². The molecule has 0 fully saturated rings. The minimum Gasteiger partial charge on any atom is -0.488 e. The molecule has 0 radical (unpaired) electrons. The molecule has 1 heterocycles. The number of Topliss-reactive ketones (excluding diaryl/α,β-unsaturated/α-hetero) is 1. The van der Waals surface area contributed by atoms with Crippen molar-refractivity contribution in [2.75, 3.05) is 0 Å². The van der Waals surface area contributed by atoms with Crippen molar-refractivity contribution in [1.29, 1.82) is 0 Å². The van der Waals surface area contributed by atoms with Gasteiger partial charge in [-0.3, -0.25) is 4.79 Å². The molecule has 0 unspecified atom stereocenters. The van der Waals surface area contributed by atoms with Crippen LogP contribution < -0.4 is 4.74 Å². The average Bonchev–Trinajstić information content (AvgIpc) is 2.82. The summed E-state index contributed by atoms with van der Waals surface area (Å²) < 4.78 is 6.87. The van der Waals surface area contributed by atoms with Gasteiger partial charge >= 0.3 is 0 Å². The van der Waals surface area contributed by atoms with Crippen LogP contribution in [0.5, 0.6) is 5.75 Å². The van der Waals surface area contributed by atoms with Gasteiger partial charge in [0, 0.05) is 26.7 Å². The molecule has 2 nitrogen and oxygen atoms in total. The van der Waals surface area contributed by atoms with Gasteiger partial charge in [0.1, 0.15) is 12.4 Å². The van der Waals surface area contributed by atoms with Gasteiger partial charge in [-0.2, -0.15) is 0 Å². The Balaban J connectivity index is 1.73. The van der Waals surface area contributed by atoms with Crippen molar-refractivity contribution >= 4 is 33.0 Å². The van der Waals surface area contributed by atoms with Gasteiger partial charge in [0.2, 0.25) is 0 Å². The Hall–Kier alpha value is -1.13. The standard InChI is InChI=1S/C15H13BrO2S/c16-11-7-13(19-9-11)8-18-12-4-5-14-10(6-12)2-1-3-15(14)17/h4-7,9H,1-3,8H2. The topological polar surface area (TPSA) is 26.3 Å². The first kappa shape index (κ1) is 12.9. The van der Waals surface area contributed by atoms with Gasteiger partial charge in [-0.05, 0) is 58.6 Å². The number of ether oxygens (including phenoxy) is 1. The van der Waals surface area contributed by atoms with Crippen molar-refractivity contribution < 1.29 is 9.53 Å². The Morgan fingerprint density at radius 1 is 1.26 bits per heavy atom. The summed E-state index contributed by atoms with van der Waals surface area (Å²) in [6, 6.07) is 7.86. The van der Waals surface area contributed by atoms with Crippen molar-refractivity contribution in [3.63, 3.8) is 0 Å². The van der Waals surface area contributed by atoms with Crippen LogP contribution in [-0.2, 0) is 13.0 Å². The molecule has 0 atom stereocenters. The van der Waals surface area contributed by atoms with Crippen molar-refractivity contribution in [3.8, 4) is 5.75 Å². The van der Waals surface area contributed by atoms with Crippen LogP contribution in [0.2, 0.25) is 0 Å². The van der Waals surface area contributed by atoms with E-state index in [0.717, 1.165) is 34.2 Å². The Morgan fingerprint density at radius 3 is 2.95 bits per heavy atom. The number of rotatable bonds is 3. The maximum atomic E-state index is 11.7. The number of hydrogen-bond acceptors (Lipinski definition) is 3. The van der Waals surface area contributed by atoms with Gasteiger partial charge in [0.05, 0.1) is 0 Å². The number of hydrogen-bond donors (Lipinski definition) is 0. The van der Waals surface area contributed by atoms with E-state index in [9.17, 15) is 4.79 Å². The number of thiophene rings is 1. The Morgan fingerprint density at radius 2 is 2.16 bits per heavy atom. The molecule has 0 N–H and O–H groups in total. The van der Waals surface area contributed by atoms with Gasteiger partial charge in [0.15, 0.2) is 5.78 Å². The lowest BCUT2D eigenvalue weighted by molar-refractivity contribution is 0.0972. The number of fused-ring (bicyclic) bond motifs is 1.